The van der Waals surface area contributed by atoms with Gasteiger partial charge >= 0.3 is 6.18 Å². The number of hydrogen-bond acceptors (Lipinski definition) is 4. The van der Waals surface area contributed by atoms with Gasteiger partial charge in [-0.2, -0.15) is 28.7 Å². The molecule has 28 heavy (non-hydrogen) atoms. The van der Waals surface area contributed by atoms with Gasteiger partial charge in [0.05, 0.1) is 12.2 Å². The second-order valence-electron chi connectivity index (χ2n) is 6.81. The van der Waals surface area contributed by atoms with Crippen LogP contribution in [0.5, 0.6) is 5.75 Å². The van der Waals surface area contributed by atoms with Crippen molar-refractivity contribution in [1.29, 1.82) is 5.26 Å². The number of nitrogens with one attached hydrogen (secondary N) is 1. The Bertz CT molecular complexity index is 1030. The Morgan fingerprint density at radius 3 is 2.50 bits per heavy atom. The van der Waals surface area contributed by atoms with Crippen LogP contribution in [0.1, 0.15) is 29.7 Å². The highest BCUT2D eigenvalue weighted by atomic mass is 19.4. The van der Waals surface area contributed by atoms with Crippen molar-refractivity contribution in [2.45, 2.75) is 24.4 Å². The molecule has 8 heteroatoms. The standard InChI is InChI=1S/C20H15F3N4O/c21-20(22,23)15-8-13(18-17(11-24)25-27-26-18)9-16(10-15)28-12-19(6-7-19)14-4-2-1-3-5-14/h1-5,8-10H,6-7,12H2,(H,25,26,27). The van der Waals surface area contributed by atoms with Crippen LogP contribution >= 0.6 is 0 Å². The molecule has 142 valence electrons. The number of nitriles is 1. The molecule has 0 spiro atoms. The number of ether oxygens (including phenoxy) is 1. The summed E-state index contributed by atoms with van der Waals surface area (Å²) >= 11 is 0. The average Bonchev–Trinajstić information content (AvgIpc) is 3.34. The lowest BCUT2D eigenvalue weighted by Gasteiger charge is -2.18. The molecule has 1 saturated carbocycles. The molecular weight excluding hydrogens is 369 g/mol. The molecule has 0 aliphatic heterocycles. The fourth-order valence-corrected chi connectivity index (χ4v) is 3.17. The SMILES string of the molecule is N#Cc1n[nH]nc1-c1cc(OCC2(c3ccccc3)CC2)cc(C(F)(F)F)c1. The molecule has 5 nitrogen and oxygen atoms in total. The maximum absolute atomic E-state index is 13.4. The molecule has 1 aliphatic carbocycles. The van der Waals surface area contributed by atoms with Gasteiger partial charge < -0.3 is 4.74 Å². The first kappa shape index (κ1) is 18.0. The lowest BCUT2D eigenvalue weighted by atomic mass is 9.97. The van der Waals surface area contributed by atoms with Crippen molar-refractivity contribution in [3.63, 3.8) is 0 Å². The number of alkyl halides is 3. The van der Waals surface area contributed by atoms with Gasteiger partial charge in [0.1, 0.15) is 17.5 Å². The number of benzene rings is 2. The zero-order chi connectivity index (χ0) is 19.8. The molecule has 4 rings (SSSR count). The maximum Gasteiger partial charge on any atom is 0.416 e. The van der Waals surface area contributed by atoms with Crippen molar-refractivity contribution in [1.82, 2.24) is 15.4 Å². The Balaban J connectivity index is 1.65. The van der Waals surface area contributed by atoms with Crippen LogP contribution in [-0.4, -0.2) is 22.0 Å². The third-order valence-corrected chi connectivity index (χ3v) is 4.92. The van der Waals surface area contributed by atoms with Gasteiger partial charge in [-0.1, -0.05) is 30.3 Å². The highest BCUT2D eigenvalue weighted by molar-refractivity contribution is 5.67. The first-order valence-corrected chi connectivity index (χ1v) is 8.63. The minimum atomic E-state index is -4.55. The van der Waals surface area contributed by atoms with E-state index in [1.54, 1.807) is 0 Å². The molecular formula is C20H15F3N4O. The number of aromatic amines is 1. The zero-order valence-electron chi connectivity index (χ0n) is 14.6. The summed E-state index contributed by atoms with van der Waals surface area (Å²) in [6, 6.07) is 15.0. The second kappa shape index (κ2) is 6.68. The van der Waals surface area contributed by atoms with Gasteiger partial charge in [-0.3, -0.25) is 0 Å². The molecule has 1 aliphatic rings. The highest BCUT2D eigenvalue weighted by Gasteiger charge is 2.45. The molecule has 0 unspecified atom stereocenters. The first-order chi connectivity index (χ1) is 13.4. The third kappa shape index (κ3) is 3.43. The van der Waals surface area contributed by atoms with Crippen molar-refractivity contribution in [2.24, 2.45) is 0 Å². The monoisotopic (exact) mass is 384 g/mol. The van der Waals surface area contributed by atoms with E-state index in [1.165, 1.54) is 6.07 Å². The highest BCUT2D eigenvalue weighted by Crippen LogP contribution is 2.48. The molecule has 0 radical (unpaired) electrons. The van der Waals surface area contributed by atoms with Crippen LogP contribution < -0.4 is 4.74 Å². The van der Waals surface area contributed by atoms with E-state index in [4.69, 9.17) is 10.00 Å². The largest absolute Gasteiger partial charge is 0.493 e. The molecule has 0 atom stereocenters. The quantitative estimate of drug-likeness (QED) is 0.704. The molecule has 0 bridgehead atoms. The molecule has 0 saturated heterocycles. The third-order valence-electron chi connectivity index (χ3n) is 4.92. The van der Waals surface area contributed by atoms with E-state index in [9.17, 15) is 13.2 Å². The van der Waals surface area contributed by atoms with E-state index >= 15 is 0 Å². The minimum Gasteiger partial charge on any atom is -0.493 e. The summed E-state index contributed by atoms with van der Waals surface area (Å²) < 4.78 is 45.9. The van der Waals surface area contributed by atoms with E-state index in [1.807, 2.05) is 36.4 Å². The van der Waals surface area contributed by atoms with Gasteiger partial charge in [0, 0.05) is 11.0 Å². The minimum absolute atomic E-state index is 0.0580. The fraction of sp³-hybridized carbons (Fsp3) is 0.250. The summed E-state index contributed by atoms with van der Waals surface area (Å²) in [7, 11) is 0. The summed E-state index contributed by atoms with van der Waals surface area (Å²) in [6.45, 7) is 0.279. The molecule has 0 amide bonds. The normalized spacial score (nSPS) is 15.1. The van der Waals surface area contributed by atoms with Crippen molar-refractivity contribution in [2.75, 3.05) is 6.61 Å². The van der Waals surface area contributed by atoms with Crippen molar-refractivity contribution < 1.29 is 17.9 Å². The van der Waals surface area contributed by atoms with Crippen LogP contribution in [-0.2, 0) is 11.6 Å². The van der Waals surface area contributed by atoms with Crippen LogP contribution in [0.3, 0.4) is 0 Å². The first-order valence-electron chi connectivity index (χ1n) is 8.63. The van der Waals surface area contributed by atoms with Crippen LogP contribution in [0.2, 0.25) is 0 Å². The van der Waals surface area contributed by atoms with Gasteiger partial charge in [-0.05, 0) is 36.6 Å². The summed E-state index contributed by atoms with van der Waals surface area (Å²) in [5, 5.41) is 18.8. The Morgan fingerprint density at radius 2 is 1.86 bits per heavy atom. The lowest BCUT2D eigenvalue weighted by molar-refractivity contribution is -0.137. The number of H-pyrrole nitrogens is 1. The van der Waals surface area contributed by atoms with Gasteiger partial charge in [-0.15, -0.1) is 5.10 Å². The van der Waals surface area contributed by atoms with Crippen molar-refractivity contribution in [3.05, 3.63) is 65.4 Å². The number of hydrogen-bond donors (Lipinski definition) is 1. The maximum atomic E-state index is 13.4. The summed E-state index contributed by atoms with van der Waals surface area (Å²) in [5.41, 5.74) is 0.193. The lowest BCUT2D eigenvalue weighted by Crippen LogP contribution is -2.18. The van der Waals surface area contributed by atoms with Gasteiger partial charge in [0.2, 0.25) is 0 Å². The second-order valence-corrected chi connectivity index (χ2v) is 6.81. The average molecular weight is 384 g/mol. The smallest absolute Gasteiger partial charge is 0.416 e. The van der Waals surface area contributed by atoms with Gasteiger partial charge in [0.15, 0.2) is 5.69 Å². The number of nitrogens with zero attached hydrogens (tertiary/aromatic N) is 3. The molecule has 1 fully saturated rings. The van der Waals surface area contributed by atoms with Crippen LogP contribution in [0.4, 0.5) is 13.2 Å². The fourth-order valence-electron chi connectivity index (χ4n) is 3.17. The Hall–Kier alpha value is -3.34. The van der Waals surface area contributed by atoms with E-state index in [0.717, 1.165) is 30.5 Å². The van der Waals surface area contributed by atoms with Gasteiger partial charge in [-0.25, -0.2) is 0 Å². The zero-order valence-corrected chi connectivity index (χ0v) is 14.6. The van der Waals surface area contributed by atoms with Crippen LogP contribution in [0, 0.1) is 11.3 Å². The molecule has 2 aromatic carbocycles. The topological polar surface area (TPSA) is 74.6 Å². The van der Waals surface area contributed by atoms with Crippen molar-refractivity contribution >= 4 is 0 Å². The molecule has 3 aromatic rings. The van der Waals surface area contributed by atoms with E-state index in [0.29, 0.717) is 0 Å². The summed E-state index contributed by atoms with van der Waals surface area (Å²) in [6.07, 6.45) is -2.71. The van der Waals surface area contributed by atoms with E-state index in [-0.39, 0.29) is 34.7 Å². The Morgan fingerprint density at radius 1 is 1.11 bits per heavy atom. The van der Waals surface area contributed by atoms with Gasteiger partial charge in [0.25, 0.3) is 0 Å². The molecule has 1 N–H and O–H groups in total. The number of halogens is 3. The Labute approximate surface area is 158 Å². The van der Waals surface area contributed by atoms with E-state index < -0.39 is 11.7 Å². The summed E-state index contributed by atoms with van der Waals surface area (Å²) in [5.74, 6) is 0.0823. The van der Waals surface area contributed by atoms with Crippen molar-refractivity contribution in [3.8, 4) is 23.1 Å². The van der Waals surface area contributed by atoms with Crippen LogP contribution in [0.25, 0.3) is 11.3 Å². The number of aromatic nitrogens is 3. The predicted molar refractivity (Wildman–Crippen MR) is 94.4 cm³/mol. The van der Waals surface area contributed by atoms with E-state index in [2.05, 4.69) is 15.4 Å². The molecule has 1 heterocycles. The number of rotatable bonds is 5. The predicted octanol–water partition coefficient (Wildman–Crippen LogP) is 4.47. The van der Waals surface area contributed by atoms with Crippen LogP contribution in [0.15, 0.2) is 48.5 Å². The summed E-state index contributed by atoms with van der Waals surface area (Å²) in [4.78, 5) is 0. The molecule has 1 aromatic heterocycles. The Kier molecular flexibility index (Phi) is 4.30.